The fourth-order valence-corrected chi connectivity index (χ4v) is 4.36. The van der Waals surface area contributed by atoms with E-state index in [1.165, 1.54) is 0 Å². The average molecular weight is 461 g/mol. The van der Waals surface area contributed by atoms with E-state index in [1.54, 1.807) is 6.07 Å². The van der Waals surface area contributed by atoms with Crippen molar-refractivity contribution in [3.8, 4) is 45.2 Å². The van der Waals surface area contributed by atoms with Crippen LogP contribution in [0.3, 0.4) is 0 Å². The number of hydrogen-bond acceptors (Lipinski definition) is 5. The van der Waals surface area contributed by atoms with Gasteiger partial charge in [0.2, 0.25) is 0 Å². The number of phenolic OH excluding ortho intramolecular Hbond substituents is 1. The van der Waals surface area contributed by atoms with Gasteiger partial charge in [0.15, 0.2) is 5.76 Å². The summed E-state index contributed by atoms with van der Waals surface area (Å²) in [5, 5.41) is 15.0. The Hall–Kier alpha value is -3.28. The Kier molecular flexibility index (Phi) is 5.83. The molecule has 0 aliphatic carbocycles. The molecule has 2 heterocycles. The highest BCUT2D eigenvalue weighted by atomic mass is 35.5. The van der Waals surface area contributed by atoms with Gasteiger partial charge in [-0.15, -0.1) is 0 Å². The third-order valence-electron chi connectivity index (χ3n) is 6.10. The smallest absolute Gasteiger partial charge is 0.175 e. The molecule has 0 spiro atoms. The minimum Gasteiger partial charge on any atom is -0.508 e. The van der Waals surface area contributed by atoms with Gasteiger partial charge >= 0.3 is 0 Å². The fraction of sp³-hybridized carbons (Fsp3) is 0.222. The van der Waals surface area contributed by atoms with E-state index < -0.39 is 0 Å². The van der Waals surface area contributed by atoms with E-state index in [1.807, 2.05) is 67.6 Å². The minimum atomic E-state index is 0.237. The number of nitrogens with zero attached hydrogens (tertiary/aromatic N) is 2. The Labute approximate surface area is 198 Å². The van der Waals surface area contributed by atoms with Crippen molar-refractivity contribution in [2.45, 2.75) is 20.0 Å². The summed E-state index contributed by atoms with van der Waals surface area (Å²) in [7, 11) is 0. The molecule has 168 valence electrons. The molecule has 0 radical (unpaired) electrons. The number of rotatable bonds is 6. The Bertz CT molecular complexity index is 1280. The Morgan fingerprint density at radius 1 is 1.06 bits per heavy atom. The highest BCUT2D eigenvalue weighted by Gasteiger charge is 2.27. The van der Waals surface area contributed by atoms with Crippen LogP contribution in [0.2, 0.25) is 5.02 Å². The molecule has 0 atom stereocenters. The van der Waals surface area contributed by atoms with Gasteiger partial charge in [-0.3, -0.25) is 4.90 Å². The van der Waals surface area contributed by atoms with Crippen molar-refractivity contribution in [3.05, 3.63) is 77.3 Å². The SMILES string of the molecule is CCN1CC(Oc2ccc(-c3c(-c4ccccc4Cl)noc3-c3ccc(O)c(C)c3)cc2)C1. The number of aryl methyl sites for hydroxylation is 1. The van der Waals surface area contributed by atoms with Crippen LogP contribution in [0.5, 0.6) is 11.5 Å². The molecule has 1 N–H and O–H groups in total. The molecule has 33 heavy (non-hydrogen) atoms. The van der Waals surface area contributed by atoms with Gasteiger partial charge in [-0.25, -0.2) is 0 Å². The maximum atomic E-state index is 9.98. The van der Waals surface area contributed by atoms with E-state index in [2.05, 4.69) is 17.0 Å². The van der Waals surface area contributed by atoms with E-state index in [4.69, 9.17) is 20.9 Å². The number of ether oxygens (including phenoxy) is 1. The fourth-order valence-electron chi connectivity index (χ4n) is 4.14. The van der Waals surface area contributed by atoms with Gasteiger partial charge in [0, 0.05) is 24.2 Å². The predicted octanol–water partition coefficient (Wildman–Crippen LogP) is 6.43. The van der Waals surface area contributed by atoms with Crippen LogP contribution in [0.4, 0.5) is 0 Å². The summed E-state index contributed by atoms with van der Waals surface area (Å²) in [6.45, 7) is 7.00. The predicted molar refractivity (Wildman–Crippen MR) is 131 cm³/mol. The maximum absolute atomic E-state index is 9.98. The summed E-state index contributed by atoms with van der Waals surface area (Å²) < 4.78 is 12.0. The lowest BCUT2D eigenvalue weighted by Crippen LogP contribution is -2.53. The first-order valence-electron chi connectivity index (χ1n) is 11.1. The van der Waals surface area contributed by atoms with Crippen molar-refractivity contribution in [2.75, 3.05) is 19.6 Å². The van der Waals surface area contributed by atoms with Crippen molar-refractivity contribution in [1.29, 1.82) is 0 Å². The van der Waals surface area contributed by atoms with Crippen LogP contribution in [-0.4, -0.2) is 40.9 Å². The number of halogens is 1. The Morgan fingerprint density at radius 2 is 1.79 bits per heavy atom. The van der Waals surface area contributed by atoms with Crippen molar-refractivity contribution in [1.82, 2.24) is 10.1 Å². The molecular formula is C27H25ClN2O3. The molecule has 1 aliphatic rings. The molecule has 5 nitrogen and oxygen atoms in total. The van der Waals surface area contributed by atoms with Crippen LogP contribution in [0, 0.1) is 6.92 Å². The molecule has 0 unspecified atom stereocenters. The quantitative estimate of drug-likeness (QED) is 0.359. The number of likely N-dealkylation sites (tertiary alicyclic amines) is 1. The third kappa shape index (κ3) is 4.22. The van der Waals surface area contributed by atoms with E-state index in [-0.39, 0.29) is 11.9 Å². The first kappa shape index (κ1) is 21.6. The topological polar surface area (TPSA) is 58.7 Å². The molecule has 1 aromatic heterocycles. The van der Waals surface area contributed by atoms with Gasteiger partial charge in [0.05, 0.1) is 10.6 Å². The van der Waals surface area contributed by atoms with E-state index in [0.29, 0.717) is 16.5 Å². The van der Waals surface area contributed by atoms with Gasteiger partial charge in [0.25, 0.3) is 0 Å². The molecule has 0 amide bonds. The summed E-state index contributed by atoms with van der Waals surface area (Å²) in [4.78, 5) is 2.35. The second-order valence-electron chi connectivity index (χ2n) is 8.33. The van der Waals surface area contributed by atoms with Crippen LogP contribution in [-0.2, 0) is 0 Å². The largest absolute Gasteiger partial charge is 0.508 e. The molecule has 4 aromatic rings. The Morgan fingerprint density at radius 3 is 2.48 bits per heavy atom. The standard InChI is InChI=1S/C27H25ClN2O3/c1-3-30-15-21(16-30)32-20-11-8-18(9-12-20)25-26(22-6-4-5-7-23(22)28)29-33-27(25)19-10-13-24(31)17(2)14-19/h4-14,21,31H,3,15-16H2,1-2H3. The van der Waals surface area contributed by atoms with Gasteiger partial charge < -0.3 is 14.4 Å². The number of hydrogen-bond donors (Lipinski definition) is 1. The summed E-state index contributed by atoms with van der Waals surface area (Å²) in [6, 6.07) is 21.0. The Balaban J connectivity index is 1.55. The van der Waals surface area contributed by atoms with Crippen LogP contribution < -0.4 is 4.74 Å². The number of benzene rings is 3. The normalized spacial score (nSPS) is 14.3. The molecule has 6 heteroatoms. The summed E-state index contributed by atoms with van der Waals surface area (Å²) in [5.41, 5.74) is 4.87. The first-order valence-corrected chi connectivity index (χ1v) is 11.4. The average Bonchev–Trinajstić information content (AvgIpc) is 3.23. The zero-order valence-electron chi connectivity index (χ0n) is 18.6. The maximum Gasteiger partial charge on any atom is 0.175 e. The molecule has 0 bridgehead atoms. The lowest BCUT2D eigenvalue weighted by atomic mass is 9.95. The highest BCUT2D eigenvalue weighted by Crippen LogP contribution is 2.43. The molecule has 3 aromatic carbocycles. The van der Waals surface area contributed by atoms with Gasteiger partial charge in [-0.05, 0) is 61.0 Å². The van der Waals surface area contributed by atoms with E-state index in [9.17, 15) is 5.11 Å². The van der Waals surface area contributed by atoms with Crippen molar-refractivity contribution < 1.29 is 14.4 Å². The number of aromatic nitrogens is 1. The van der Waals surface area contributed by atoms with Crippen molar-refractivity contribution >= 4 is 11.6 Å². The second kappa shape index (κ2) is 8.93. The number of phenols is 1. The van der Waals surface area contributed by atoms with Crippen molar-refractivity contribution in [2.24, 2.45) is 0 Å². The zero-order chi connectivity index (χ0) is 22.9. The second-order valence-corrected chi connectivity index (χ2v) is 8.74. The first-order chi connectivity index (χ1) is 16.0. The van der Waals surface area contributed by atoms with Crippen LogP contribution >= 0.6 is 11.6 Å². The van der Waals surface area contributed by atoms with Crippen molar-refractivity contribution in [3.63, 3.8) is 0 Å². The monoisotopic (exact) mass is 460 g/mol. The minimum absolute atomic E-state index is 0.237. The van der Waals surface area contributed by atoms with Gasteiger partial charge in [-0.2, -0.15) is 0 Å². The zero-order valence-corrected chi connectivity index (χ0v) is 19.3. The van der Waals surface area contributed by atoms with Gasteiger partial charge in [-0.1, -0.05) is 54.0 Å². The van der Waals surface area contributed by atoms with E-state index in [0.717, 1.165) is 53.2 Å². The summed E-state index contributed by atoms with van der Waals surface area (Å²) >= 11 is 6.51. The third-order valence-corrected chi connectivity index (χ3v) is 6.43. The van der Waals surface area contributed by atoms with Crippen LogP contribution in [0.15, 0.2) is 71.3 Å². The van der Waals surface area contributed by atoms with Crippen LogP contribution in [0.1, 0.15) is 12.5 Å². The number of likely N-dealkylation sites (N-methyl/N-ethyl adjacent to an activating group) is 1. The van der Waals surface area contributed by atoms with E-state index >= 15 is 0 Å². The lowest BCUT2D eigenvalue weighted by molar-refractivity contribution is 0.0238. The molecular weight excluding hydrogens is 436 g/mol. The van der Waals surface area contributed by atoms with Crippen LogP contribution in [0.25, 0.3) is 33.7 Å². The molecule has 0 saturated carbocycles. The summed E-state index contributed by atoms with van der Waals surface area (Å²) in [6.07, 6.45) is 0.237. The van der Waals surface area contributed by atoms with Gasteiger partial charge in [0.1, 0.15) is 23.3 Å². The molecule has 1 saturated heterocycles. The number of aromatic hydroxyl groups is 1. The highest BCUT2D eigenvalue weighted by molar-refractivity contribution is 6.33. The summed E-state index contributed by atoms with van der Waals surface area (Å²) in [5.74, 6) is 1.71. The molecule has 5 rings (SSSR count). The molecule has 1 aliphatic heterocycles. The lowest BCUT2D eigenvalue weighted by Gasteiger charge is -2.38. The molecule has 1 fully saturated rings.